The van der Waals surface area contributed by atoms with Gasteiger partial charge >= 0.3 is 12.3 Å². The Bertz CT molecular complexity index is 1050. The second-order valence-electron chi connectivity index (χ2n) is 7.26. The van der Waals surface area contributed by atoms with Crippen LogP contribution in [0.25, 0.3) is 0 Å². The maximum Gasteiger partial charge on any atom is 0.421 e. The van der Waals surface area contributed by atoms with Crippen molar-refractivity contribution in [1.82, 2.24) is 14.9 Å². The Labute approximate surface area is 179 Å². The van der Waals surface area contributed by atoms with Crippen LogP contribution in [0, 0.1) is 0 Å². The Balaban J connectivity index is 1.54. The van der Waals surface area contributed by atoms with Crippen molar-refractivity contribution in [1.29, 1.82) is 0 Å². The van der Waals surface area contributed by atoms with Gasteiger partial charge in [0, 0.05) is 30.7 Å². The molecule has 4 rings (SSSR count). The Morgan fingerprint density at radius 2 is 2.19 bits per heavy atom. The van der Waals surface area contributed by atoms with Gasteiger partial charge in [-0.2, -0.15) is 18.2 Å². The highest BCUT2D eigenvalue weighted by Gasteiger charge is 2.36. The number of anilines is 4. The number of carbonyl (C=O) groups is 2. The minimum absolute atomic E-state index is 0.0543. The zero-order valence-corrected chi connectivity index (χ0v) is 16.6. The van der Waals surface area contributed by atoms with E-state index in [2.05, 4.69) is 25.9 Å². The van der Waals surface area contributed by atoms with Crippen LogP contribution < -0.4 is 16.0 Å². The predicted molar refractivity (Wildman–Crippen MR) is 107 cm³/mol. The summed E-state index contributed by atoms with van der Waals surface area (Å²) in [4.78, 5) is 31.7. The molecule has 2 amide bonds. The van der Waals surface area contributed by atoms with E-state index in [4.69, 9.17) is 4.74 Å². The first-order chi connectivity index (χ1) is 15.2. The van der Waals surface area contributed by atoms with Crippen LogP contribution in [0.15, 0.2) is 24.4 Å². The number of ether oxygens (including phenoxy) is 1. The number of benzene rings is 1. The van der Waals surface area contributed by atoms with Crippen LogP contribution >= 0.6 is 0 Å². The molecule has 0 spiro atoms. The number of aromatic nitrogens is 2. The molecule has 4 N–H and O–H groups in total. The van der Waals surface area contributed by atoms with E-state index in [1.54, 1.807) is 18.2 Å². The van der Waals surface area contributed by atoms with Crippen molar-refractivity contribution in [2.24, 2.45) is 0 Å². The fourth-order valence-corrected chi connectivity index (χ4v) is 3.51. The first kappa shape index (κ1) is 21.6. The monoisotopic (exact) mass is 452 g/mol. The lowest BCUT2D eigenvalue weighted by Gasteiger charge is -2.33. The SMILES string of the molecule is O=C1Cc2cc(Nc3ncc(C(F)(F)F)c(NCC4COCCN4C(=O)O)n3)ccc2N1. The molecule has 1 fully saturated rings. The van der Waals surface area contributed by atoms with Gasteiger partial charge in [0.2, 0.25) is 11.9 Å². The summed E-state index contributed by atoms with van der Waals surface area (Å²) in [6.45, 7) is 0.275. The lowest BCUT2D eigenvalue weighted by atomic mass is 10.1. The van der Waals surface area contributed by atoms with Gasteiger partial charge in [0.05, 0.1) is 25.7 Å². The average Bonchev–Trinajstić information content (AvgIpc) is 3.11. The summed E-state index contributed by atoms with van der Waals surface area (Å²) in [5.74, 6) is -0.715. The van der Waals surface area contributed by atoms with E-state index >= 15 is 0 Å². The summed E-state index contributed by atoms with van der Waals surface area (Å²) in [7, 11) is 0. The van der Waals surface area contributed by atoms with Crippen molar-refractivity contribution in [2.45, 2.75) is 18.6 Å². The number of alkyl halides is 3. The number of nitrogens with zero attached hydrogens (tertiary/aromatic N) is 3. The molecule has 170 valence electrons. The summed E-state index contributed by atoms with van der Waals surface area (Å²) in [6, 6.07) is 4.33. The zero-order chi connectivity index (χ0) is 22.9. The van der Waals surface area contributed by atoms with E-state index < -0.39 is 29.7 Å². The van der Waals surface area contributed by atoms with Crippen molar-refractivity contribution in [2.75, 3.05) is 42.3 Å². The van der Waals surface area contributed by atoms with E-state index in [0.29, 0.717) is 17.6 Å². The topological polar surface area (TPSA) is 129 Å². The van der Waals surface area contributed by atoms with E-state index in [9.17, 15) is 27.9 Å². The van der Waals surface area contributed by atoms with Gasteiger partial charge in [0.1, 0.15) is 11.4 Å². The standard InChI is InChI=1S/C19H19F3N6O4/c20-19(21,22)13-8-24-17(25-11-1-2-14-10(5-11)6-15(29)26-14)27-16(13)23-7-12-9-32-4-3-28(12)18(30)31/h1-2,5,8,12H,3-4,6-7,9H2,(H,26,29)(H,30,31)(H2,23,24,25,27). The summed E-state index contributed by atoms with van der Waals surface area (Å²) in [6.07, 6.45) is -5.03. The van der Waals surface area contributed by atoms with Gasteiger partial charge in [-0.3, -0.25) is 9.69 Å². The molecule has 1 unspecified atom stereocenters. The fraction of sp³-hybridized carbons (Fsp3) is 0.368. The fourth-order valence-electron chi connectivity index (χ4n) is 3.51. The first-order valence-electron chi connectivity index (χ1n) is 9.66. The summed E-state index contributed by atoms with van der Waals surface area (Å²) >= 11 is 0. The van der Waals surface area contributed by atoms with Gasteiger partial charge in [-0.05, 0) is 23.8 Å². The van der Waals surface area contributed by atoms with Crippen LogP contribution in [0.2, 0.25) is 0 Å². The number of halogens is 3. The van der Waals surface area contributed by atoms with Crippen molar-refractivity contribution in [3.8, 4) is 0 Å². The van der Waals surface area contributed by atoms with E-state index in [1.807, 2.05) is 0 Å². The molecule has 1 aromatic carbocycles. The number of fused-ring (bicyclic) bond motifs is 1. The van der Waals surface area contributed by atoms with E-state index in [0.717, 1.165) is 10.5 Å². The van der Waals surface area contributed by atoms with Gasteiger partial charge in [-0.25, -0.2) is 9.78 Å². The van der Waals surface area contributed by atoms with E-state index in [1.165, 1.54) is 0 Å². The molecule has 32 heavy (non-hydrogen) atoms. The predicted octanol–water partition coefficient (Wildman–Crippen LogP) is 2.52. The van der Waals surface area contributed by atoms with Crippen molar-refractivity contribution < 1.29 is 32.6 Å². The largest absolute Gasteiger partial charge is 0.465 e. The molecule has 2 aliphatic rings. The normalized spacial score (nSPS) is 18.2. The molecule has 0 saturated carbocycles. The van der Waals surface area contributed by atoms with Crippen LogP contribution in [0.1, 0.15) is 11.1 Å². The molecule has 3 heterocycles. The molecule has 2 aromatic rings. The maximum absolute atomic E-state index is 13.5. The quantitative estimate of drug-likeness (QED) is 0.545. The zero-order valence-electron chi connectivity index (χ0n) is 16.6. The maximum atomic E-state index is 13.5. The van der Waals surface area contributed by atoms with E-state index in [-0.39, 0.29) is 44.6 Å². The number of rotatable bonds is 5. The smallest absolute Gasteiger partial charge is 0.421 e. The summed E-state index contributed by atoms with van der Waals surface area (Å²) in [5.41, 5.74) is 0.847. The average molecular weight is 452 g/mol. The highest BCUT2D eigenvalue weighted by atomic mass is 19.4. The van der Waals surface area contributed by atoms with Crippen LogP contribution in [-0.4, -0.2) is 64.3 Å². The van der Waals surface area contributed by atoms with Gasteiger partial charge in [0.25, 0.3) is 0 Å². The number of hydrogen-bond acceptors (Lipinski definition) is 7. The number of carboxylic acid groups (broad SMARTS) is 1. The lowest BCUT2D eigenvalue weighted by Crippen LogP contribution is -2.51. The van der Waals surface area contributed by atoms with Crippen LogP contribution in [-0.2, 0) is 22.1 Å². The van der Waals surface area contributed by atoms with Crippen molar-refractivity contribution in [3.05, 3.63) is 35.5 Å². The number of carbonyl (C=O) groups excluding carboxylic acids is 1. The van der Waals surface area contributed by atoms with Crippen molar-refractivity contribution in [3.63, 3.8) is 0 Å². The Morgan fingerprint density at radius 3 is 2.94 bits per heavy atom. The highest BCUT2D eigenvalue weighted by Crippen LogP contribution is 2.34. The number of morpholine rings is 1. The second-order valence-corrected chi connectivity index (χ2v) is 7.26. The third-order valence-corrected chi connectivity index (χ3v) is 5.06. The third kappa shape index (κ3) is 4.66. The van der Waals surface area contributed by atoms with Gasteiger partial charge in [0.15, 0.2) is 0 Å². The van der Waals surface area contributed by atoms with Gasteiger partial charge in [-0.15, -0.1) is 0 Å². The Morgan fingerprint density at radius 1 is 1.38 bits per heavy atom. The number of hydrogen-bond donors (Lipinski definition) is 4. The Hall–Kier alpha value is -3.61. The molecule has 0 bridgehead atoms. The number of amides is 2. The first-order valence-corrected chi connectivity index (χ1v) is 9.66. The minimum Gasteiger partial charge on any atom is -0.465 e. The highest BCUT2D eigenvalue weighted by molar-refractivity contribution is 5.99. The molecule has 0 radical (unpaired) electrons. The van der Waals surface area contributed by atoms with Crippen LogP contribution in [0.3, 0.4) is 0 Å². The van der Waals surface area contributed by atoms with Gasteiger partial charge in [-0.1, -0.05) is 0 Å². The van der Waals surface area contributed by atoms with Crippen LogP contribution in [0.5, 0.6) is 0 Å². The molecule has 0 aliphatic carbocycles. The Kier molecular flexibility index (Phi) is 5.74. The minimum atomic E-state index is -4.71. The molecular weight excluding hydrogens is 433 g/mol. The molecule has 1 aromatic heterocycles. The molecule has 13 heteroatoms. The van der Waals surface area contributed by atoms with Crippen molar-refractivity contribution >= 4 is 35.1 Å². The molecule has 10 nitrogen and oxygen atoms in total. The van der Waals surface area contributed by atoms with Gasteiger partial charge < -0.3 is 25.8 Å². The summed E-state index contributed by atoms with van der Waals surface area (Å²) in [5, 5.41) is 17.4. The molecular formula is C19H19F3N6O4. The molecule has 1 atom stereocenters. The third-order valence-electron chi connectivity index (χ3n) is 5.06. The second kappa shape index (κ2) is 8.49. The summed E-state index contributed by atoms with van der Waals surface area (Å²) < 4.78 is 45.6. The number of nitrogens with one attached hydrogen (secondary N) is 3. The lowest BCUT2D eigenvalue weighted by molar-refractivity contribution is -0.137. The molecule has 2 aliphatic heterocycles. The molecule has 1 saturated heterocycles. The van der Waals surface area contributed by atoms with Crippen LogP contribution in [0.4, 0.5) is 41.1 Å².